The first kappa shape index (κ1) is 16.8. The highest BCUT2D eigenvalue weighted by Crippen LogP contribution is 2.06. The van der Waals surface area contributed by atoms with Gasteiger partial charge in [0, 0.05) is 13.1 Å². The lowest BCUT2D eigenvalue weighted by molar-refractivity contribution is 0.0972. The van der Waals surface area contributed by atoms with Crippen molar-refractivity contribution in [1.82, 2.24) is 10.6 Å². The van der Waals surface area contributed by atoms with Gasteiger partial charge in [0.1, 0.15) is 5.76 Å². The van der Waals surface area contributed by atoms with Gasteiger partial charge in [-0.25, -0.2) is 0 Å². The predicted molar refractivity (Wildman–Crippen MR) is 81.1 cm³/mol. The van der Waals surface area contributed by atoms with Gasteiger partial charge in [-0.05, 0) is 26.0 Å². The molecule has 0 aliphatic rings. The van der Waals surface area contributed by atoms with Gasteiger partial charge in [-0.2, -0.15) is 0 Å². The Morgan fingerprint density at radius 1 is 1.50 bits per heavy atom. The van der Waals surface area contributed by atoms with Gasteiger partial charge in [-0.3, -0.25) is 9.79 Å². The largest absolute Gasteiger partial charge is 0.454 e. The first-order valence-corrected chi connectivity index (χ1v) is 5.38. The molecule has 0 fully saturated rings. The van der Waals surface area contributed by atoms with E-state index < -0.39 is 5.91 Å². The number of primary amides is 1. The average molecular weight is 366 g/mol. The zero-order chi connectivity index (χ0) is 12.8. The van der Waals surface area contributed by atoms with E-state index in [-0.39, 0.29) is 29.7 Å². The normalized spacial score (nSPS) is 11.0. The van der Waals surface area contributed by atoms with Crippen LogP contribution in [-0.4, -0.2) is 25.0 Å². The molecule has 0 aliphatic heterocycles. The Hall–Kier alpha value is -1.25. The van der Waals surface area contributed by atoms with Gasteiger partial charge in [0.05, 0.1) is 6.54 Å². The van der Waals surface area contributed by atoms with Crippen LogP contribution in [-0.2, 0) is 6.54 Å². The van der Waals surface area contributed by atoms with E-state index in [2.05, 4.69) is 15.6 Å². The van der Waals surface area contributed by atoms with Crippen LogP contribution in [0.5, 0.6) is 0 Å². The molecule has 1 aromatic heterocycles. The molecule has 0 bridgehead atoms. The Morgan fingerprint density at radius 2 is 2.17 bits per heavy atom. The van der Waals surface area contributed by atoms with Crippen molar-refractivity contribution >= 4 is 35.8 Å². The number of nitrogens with one attached hydrogen (secondary N) is 2. The van der Waals surface area contributed by atoms with Crippen LogP contribution in [0.3, 0.4) is 0 Å². The highest BCUT2D eigenvalue weighted by atomic mass is 127. The summed E-state index contributed by atoms with van der Waals surface area (Å²) in [5.74, 6) is 0.900. The quantitative estimate of drug-likeness (QED) is 0.422. The number of furan rings is 1. The van der Waals surface area contributed by atoms with E-state index in [0.29, 0.717) is 24.3 Å². The number of nitrogens with zero attached hydrogens (tertiary/aromatic N) is 1. The third-order valence-corrected chi connectivity index (χ3v) is 1.98. The molecule has 1 heterocycles. The second-order valence-corrected chi connectivity index (χ2v) is 3.86. The topological polar surface area (TPSA) is 92.6 Å². The predicted octanol–water partition coefficient (Wildman–Crippen LogP) is 1.07. The van der Waals surface area contributed by atoms with E-state index in [1.807, 2.05) is 13.8 Å². The Morgan fingerprint density at radius 3 is 2.61 bits per heavy atom. The SMILES string of the molecule is CN=C(NCc1ccc(C(N)=O)o1)NC(C)C.I. The lowest BCUT2D eigenvalue weighted by Crippen LogP contribution is -2.40. The number of carbonyl (C=O) groups is 1. The number of rotatable bonds is 4. The van der Waals surface area contributed by atoms with Crippen LogP contribution in [0.1, 0.15) is 30.2 Å². The molecule has 0 spiro atoms. The molecule has 0 aromatic carbocycles. The highest BCUT2D eigenvalue weighted by molar-refractivity contribution is 14.0. The number of guanidine groups is 1. The molecule has 1 amide bonds. The summed E-state index contributed by atoms with van der Waals surface area (Å²) < 4.78 is 5.23. The second-order valence-electron chi connectivity index (χ2n) is 3.86. The number of aliphatic imine (C=N–C) groups is 1. The van der Waals surface area contributed by atoms with Gasteiger partial charge < -0.3 is 20.8 Å². The first-order valence-electron chi connectivity index (χ1n) is 5.38. The van der Waals surface area contributed by atoms with E-state index in [4.69, 9.17) is 10.2 Å². The number of carbonyl (C=O) groups excluding carboxylic acids is 1. The molecule has 0 saturated heterocycles. The maximum absolute atomic E-state index is 10.8. The van der Waals surface area contributed by atoms with E-state index in [1.54, 1.807) is 19.2 Å². The summed E-state index contributed by atoms with van der Waals surface area (Å²) >= 11 is 0. The minimum absolute atomic E-state index is 0. The summed E-state index contributed by atoms with van der Waals surface area (Å²) in [6, 6.07) is 3.55. The molecule has 1 aromatic rings. The van der Waals surface area contributed by atoms with Crippen LogP contribution < -0.4 is 16.4 Å². The van der Waals surface area contributed by atoms with Crippen molar-refractivity contribution < 1.29 is 9.21 Å². The Balaban J connectivity index is 0.00000289. The molecule has 4 N–H and O–H groups in total. The molecule has 102 valence electrons. The standard InChI is InChI=1S/C11H18N4O2.HI/c1-7(2)15-11(13-3)14-6-8-4-5-9(17-8)10(12)16;/h4-5,7H,6H2,1-3H3,(H2,12,16)(H2,13,14,15);1H. The maximum atomic E-state index is 10.8. The van der Waals surface area contributed by atoms with E-state index in [9.17, 15) is 4.79 Å². The van der Waals surface area contributed by atoms with Crippen LogP contribution >= 0.6 is 24.0 Å². The zero-order valence-electron chi connectivity index (χ0n) is 10.7. The lowest BCUT2D eigenvalue weighted by atomic mass is 10.4. The van der Waals surface area contributed by atoms with Gasteiger partial charge >= 0.3 is 0 Å². The maximum Gasteiger partial charge on any atom is 0.284 e. The number of hydrogen-bond acceptors (Lipinski definition) is 3. The fourth-order valence-corrected chi connectivity index (χ4v) is 1.24. The summed E-state index contributed by atoms with van der Waals surface area (Å²) in [5.41, 5.74) is 5.09. The van der Waals surface area contributed by atoms with Crippen molar-refractivity contribution in [2.24, 2.45) is 10.7 Å². The van der Waals surface area contributed by atoms with Crippen LogP contribution in [0.2, 0.25) is 0 Å². The molecule has 1 rings (SSSR count). The summed E-state index contributed by atoms with van der Waals surface area (Å²) in [4.78, 5) is 14.9. The molecule has 0 aliphatic carbocycles. The molecule has 0 saturated carbocycles. The number of hydrogen-bond donors (Lipinski definition) is 3. The van der Waals surface area contributed by atoms with Gasteiger partial charge in [-0.15, -0.1) is 24.0 Å². The van der Waals surface area contributed by atoms with Gasteiger partial charge in [0.25, 0.3) is 5.91 Å². The second kappa shape index (κ2) is 7.96. The van der Waals surface area contributed by atoms with Crippen LogP contribution in [0.4, 0.5) is 0 Å². The molecule has 0 atom stereocenters. The summed E-state index contributed by atoms with van der Waals surface area (Å²) in [6.07, 6.45) is 0. The average Bonchev–Trinajstić information content (AvgIpc) is 2.72. The van der Waals surface area contributed by atoms with Crippen LogP contribution in [0, 0.1) is 0 Å². The minimum atomic E-state index is -0.569. The van der Waals surface area contributed by atoms with E-state index in [0.717, 1.165) is 0 Å². The van der Waals surface area contributed by atoms with Crippen LogP contribution in [0.15, 0.2) is 21.5 Å². The number of nitrogens with two attached hydrogens (primary N) is 1. The molecular formula is C11H19IN4O2. The van der Waals surface area contributed by atoms with Crippen molar-refractivity contribution in [3.8, 4) is 0 Å². The van der Waals surface area contributed by atoms with Crippen molar-refractivity contribution in [2.45, 2.75) is 26.4 Å². The summed E-state index contributed by atoms with van der Waals surface area (Å²) in [6.45, 7) is 4.48. The smallest absolute Gasteiger partial charge is 0.284 e. The molecule has 7 heteroatoms. The third-order valence-electron chi connectivity index (χ3n) is 1.98. The Labute approximate surface area is 123 Å². The third kappa shape index (κ3) is 5.39. The monoisotopic (exact) mass is 366 g/mol. The van der Waals surface area contributed by atoms with Gasteiger partial charge in [0.2, 0.25) is 0 Å². The fourth-order valence-electron chi connectivity index (χ4n) is 1.24. The molecular weight excluding hydrogens is 347 g/mol. The summed E-state index contributed by atoms with van der Waals surface area (Å²) in [5, 5.41) is 6.20. The van der Waals surface area contributed by atoms with Crippen molar-refractivity contribution in [3.63, 3.8) is 0 Å². The van der Waals surface area contributed by atoms with Crippen molar-refractivity contribution in [3.05, 3.63) is 23.7 Å². The fraction of sp³-hybridized carbons (Fsp3) is 0.455. The Kier molecular flexibility index (Phi) is 7.41. The first-order chi connectivity index (χ1) is 8.02. The summed E-state index contributed by atoms with van der Waals surface area (Å²) in [7, 11) is 1.69. The van der Waals surface area contributed by atoms with Gasteiger partial charge in [0.15, 0.2) is 11.7 Å². The zero-order valence-corrected chi connectivity index (χ0v) is 13.0. The molecule has 0 radical (unpaired) electrons. The van der Waals surface area contributed by atoms with Crippen molar-refractivity contribution in [1.29, 1.82) is 0 Å². The van der Waals surface area contributed by atoms with E-state index in [1.165, 1.54) is 0 Å². The molecule has 18 heavy (non-hydrogen) atoms. The van der Waals surface area contributed by atoms with Gasteiger partial charge in [-0.1, -0.05) is 0 Å². The lowest BCUT2D eigenvalue weighted by Gasteiger charge is -2.13. The number of halogens is 1. The molecule has 0 unspecified atom stereocenters. The van der Waals surface area contributed by atoms with E-state index >= 15 is 0 Å². The highest BCUT2D eigenvalue weighted by Gasteiger charge is 2.07. The number of amides is 1. The minimum Gasteiger partial charge on any atom is -0.454 e. The Bertz CT molecular complexity index is 415. The molecule has 6 nitrogen and oxygen atoms in total. The van der Waals surface area contributed by atoms with Crippen molar-refractivity contribution in [2.75, 3.05) is 7.05 Å². The van der Waals surface area contributed by atoms with Crippen LogP contribution in [0.25, 0.3) is 0 Å².